The molecule has 0 unspecified atom stereocenters. The van der Waals surface area contributed by atoms with E-state index in [0.29, 0.717) is 37.9 Å². The van der Waals surface area contributed by atoms with Crippen LogP contribution in [0.25, 0.3) is 5.57 Å². The van der Waals surface area contributed by atoms with Gasteiger partial charge in [-0.1, -0.05) is 24.3 Å². The largest absolute Gasteiger partial charge is 0.491 e. The van der Waals surface area contributed by atoms with Crippen LogP contribution in [0.15, 0.2) is 42.0 Å². The van der Waals surface area contributed by atoms with Crippen molar-refractivity contribution in [1.29, 1.82) is 0 Å². The fraction of sp³-hybridized carbons (Fsp3) is 0.531. The van der Waals surface area contributed by atoms with Crippen LogP contribution in [0.4, 0.5) is 13.2 Å². The average molecular weight is 574 g/mol. The lowest BCUT2D eigenvalue weighted by Crippen LogP contribution is -2.47. The number of aliphatic carboxylic acids is 1. The third-order valence-electron chi connectivity index (χ3n) is 8.18. The van der Waals surface area contributed by atoms with Crippen LogP contribution < -0.4 is 4.74 Å². The normalized spacial score (nSPS) is 23.9. The van der Waals surface area contributed by atoms with E-state index in [-0.39, 0.29) is 43.7 Å². The van der Waals surface area contributed by atoms with E-state index in [4.69, 9.17) is 19.3 Å². The number of carbonyl (C=O) groups is 1. The van der Waals surface area contributed by atoms with Crippen molar-refractivity contribution in [2.45, 2.75) is 57.8 Å². The monoisotopic (exact) mass is 573 g/mol. The standard InChI is InChI=1S/C32H38F3NO5/c1-19-10-25-24-7-5-4-6-20(24)12-26(25)31(36(19)18-32(2,3)35)30-27(33)13-23(14-28(30)34)41-9-8-39-15-21-11-22(21)16-40-17-29(37)38/h4-7,13-14,19,21-22,31H,8-12,15-18H2,1-3H3,(H,37,38)/t19-,21-,22+,31+/m1/s1. The number of fused-ring (bicyclic) bond motifs is 2. The maximum Gasteiger partial charge on any atom is 0.329 e. The highest BCUT2D eigenvalue weighted by Crippen LogP contribution is 2.50. The van der Waals surface area contributed by atoms with E-state index in [1.807, 2.05) is 30.0 Å². The van der Waals surface area contributed by atoms with Gasteiger partial charge in [-0.3, -0.25) is 4.90 Å². The fourth-order valence-electron chi connectivity index (χ4n) is 6.22. The molecule has 5 rings (SSSR count). The van der Waals surface area contributed by atoms with Crippen molar-refractivity contribution in [2.75, 3.05) is 39.6 Å². The van der Waals surface area contributed by atoms with Gasteiger partial charge in [0.1, 0.15) is 36.3 Å². The Bertz CT molecular complexity index is 1280. The summed E-state index contributed by atoms with van der Waals surface area (Å²) in [5.74, 6) is -1.74. The van der Waals surface area contributed by atoms with E-state index < -0.39 is 29.3 Å². The van der Waals surface area contributed by atoms with Crippen molar-refractivity contribution in [3.63, 3.8) is 0 Å². The molecule has 41 heavy (non-hydrogen) atoms. The zero-order chi connectivity index (χ0) is 29.3. The third-order valence-corrected chi connectivity index (χ3v) is 8.18. The van der Waals surface area contributed by atoms with Crippen molar-refractivity contribution >= 4 is 11.5 Å². The van der Waals surface area contributed by atoms with Crippen LogP contribution in [0.5, 0.6) is 5.75 Å². The number of alkyl halides is 1. The van der Waals surface area contributed by atoms with Crippen LogP contribution in [0.3, 0.4) is 0 Å². The summed E-state index contributed by atoms with van der Waals surface area (Å²) in [6.07, 6.45) is 2.19. The molecule has 2 aromatic rings. The Hall–Kier alpha value is -2.88. The Morgan fingerprint density at radius 3 is 2.44 bits per heavy atom. The van der Waals surface area contributed by atoms with Crippen LogP contribution in [0.2, 0.25) is 0 Å². The minimum Gasteiger partial charge on any atom is -0.491 e. The maximum atomic E-state index is 15.8. The lowest BCUT2D eigenvalue weighted by atomic mass is 9.84. The quantitative estimate of drug-likeness (QED) is 0.297. The number of benzene rings is 2. The van der Waals surface area contributed by atoms with Gasteiger partial charge < -0.3 is 19.3 Å². The van der Waals surface area contributed by atoms with Crippen molar-refractivity contribution < 1.29 is 37.3 Å². The molecule has 1 fully saturated rings. The van der Waals surface area contributed by atoms with Crippen LogP contribution in [0, 0.1) is 23.5 Å². The summed E-state index contributed by atoms with van der Waals surface area (Å²) in [5, 5.41) is 8.63. The molecule has 2 aromatic carbocycles. The van der Waals surface area contributed by atoms with Gasteiger partial charge in [0.2, 0.25) is 0 Å². The number of nitrogens with zero attached hydrogens (tertiary/aromatic N) is 1. The van der Waals surface area contributed by atoms with Gasteiger partial charge in [0.25, 0.3) is 0 Å². The predicted molar refractivity (Wildman–Crippen MR) is 149 cm³/mol. The Morgan fingerprint density at radius 2 is 1.76 bits per heavy atom. The molecular formula is C32H38F3NO5. The molecule has 0 spiro atoms. The minimum absolute atomic E-state index is 0.0496. The third kappa shape index (κ3) is 6.96. The van der Waals surface area contributed by atoms with Crippen molar-refractivity contribution in [2.24, 2.45) is 11.8 Å². The number of carboxylic acids is 1. The molecule has 0 aromatic heterocycles. The molecule has 0 radical (unpaired) electrons. The number of rotatable bonds is 13. The van der Waals surface area contributed by atoms with E-state index in [0.717, 1.165) is 28.7 Å². The first-order valence-corrected chi connectivity index (χ1v) is 14.3. The van der Waals surface area contributed by atoms with E-state index in [2.05, 4.69) is 6.07 Å². The summed E-state index contributed by atoms with van der Waals surface area (Å²) in [7, 11) is 0. The number of carboxylic acid groups (broad SMARTS) is 1. The summed E-state index contributed by atoms with van der Waals surface area (Å²) < 4.78 is 62.8. The van der Waals surface area contributed by atoms with E-state index in [9.17, 15) is 9.18 Å². The molecule has 1 N–H and O–H groups in total. The van der Waals surface area contributed by atoms with Crippen molar-refractivity contribution in [1.82, 2.24) is 4.90 Å². The highest BCUT2D eigenvalue weighted by Gasteiger charge is 2.43. The topological polar surface area (TPSA) is 68.2 Å². The van der Waals surface area contributed by atoms with Crippen molar-refractivity contribution in [3.05, 3.63) is 70.3 Å². The Kier molecular flexibility index (Phi) is 8.78. The zero-order valence-corrected chi connectivity index (χ0v) is 23.8. The molecule has 0 saturated heterocycles. The second-order valence-electron chi connectivity index (χ2n) is 12.1. The SMILES string of the molecule is C[C@@H]1CC2=C(Cc3ccccc32)[C@@H](c2c(F)cc(OCCOC[C@H]3C[C@H]3COCC(=O)O)cc2F)N1CC(C)(C)F. The maximum absolute atomic E-state index is 15.8. The molecule has 0 bridgehead atoms. The number of ether oxygens (including phenoxy) is 3. The first kappa shape index (κ1) is 29.6. The number of halogens is 3. The number of hydrogen-bond acceptors (Lipinski definition) is 5. The summed E-state index contributed by atoms with van der Waals surface area (Å²) in [6, 6.07) is 9.61. The van der Waals surface area contributed by atoms with Gasteiger partial charge in [0.15, 0.2) is 0 Å². The summed E-state index contributed by atoms with van der Waals surface area (Å²) in [6.45, 7) is 5.98. The van der Waals surface area contributed by atoms with Gasteiger partial charge in [0, 0.05) is 36.9 Å². The molecule has 3 aliphatic rings. The smallest absolute Gasteiger partial charge is 0.329 e. The minimum atomic E-state index is -1.54. The van der Waals surface area contributed by atoms with Crippen LogP contribution in [-0.2, 0) is 20.7 Å². The van der Waals surface area contributed by atoms with E-state index in [1.165, 1.54) is 26.0 Å². The Labute approximate surface area is 239 Å². The molecule has 222 valence electrons. The molecule has 1 saturated carbocycles. The van der Waals surface area contributed by atoms with Crippen LogP contribution >= 0.6 is 0 Å². The molecule has 1 aliphatic heterocycles. The second-order valence-corrected chi connectivity index (χ2v) is 12.1. The molecule has 1 heterocycles. The summed E-state index contributed by atoms with van der Waals surface area (Å²) >= 11 is 0. The van der Waals surface area contributed by atoms with E-state index >= 15 is 8.78 Å². The average Bonchev–Trinajstić information content (AvgIpc) is 3.53. The molecule has 2 aliphatic carbocycles. The highest BCUT2D eigenvalue weighted by atomic mass is 19.1. The first-order valence-electron chi connectivity index (χ1n) is 14.3. The highest BCUT2D eigenvalue weighted by molar-refractivity contribution is 5.79. The second kappa shape index (κ2) is 12.2. The molecule has 6 nitrogen and oxygen atoms in total. The molecule has 9 heteroatoms. The molecule has 0 amide bonds. The van der Waals surface area contributed by atoms with Crippen molar-refractivity contribution in [3.8, 4) is 5.75 Å². The zero-order valence-electron chi connectivity index (χ0n) is 23.8. The van der Waals surface area contributed by atoms with Gasteiger partial charge in [-0.05, 0) is 74.1 Å². The van der Waals surface area contributed by atoms with Gasteiger partial charge in [-0.2, -0.15) is 0 Å². The summed E-state index contributed by atoms with van der Waals surface area (Å²) in [4.78, 5) is 12.4. The van der Waals surface area contributed by atoms with Gasteiger partial charge >= 0.3 is 5.97 Å². The molecular weight excluding hydrogens is 535 g/mol. The Balaban J connectivity index is 1.25. The van der Waals surface area contributed by atoms with Gasteiger partial charge in [-0.15, -0.1) is 0 Å². The van der Waals surface area contributed by atoms with Crippen LogP contribution in [0.1, 0.15) is 56.3 Å². The lowest BCUT2D eigenvalue weighted by molar-refractivity contribution is -0.142. The van der Waals surface area contributed by atoms with E-state index in [1.54, 1.807) is 0 Å². The molecule has 4 atom stereocenters. The Morgan fingerprint density at radius 1 is 1.07 bits per heavy atom. The predicted octanol–water partition coefficient (Wildman–Crippen LogP) is 5.99. The first-order chi connectivity index (χ1) is 19.5. The fourth-order valence-corrected chi connectivity index (χ4v) is 6.22. The summed E-state index contributed by atoms with van der Waals surface area (Å²) in [5.41, 5.74) is 2.66. The van der Waals surface area contributed by atoms with Gasteiger partial charge in [-0.25, -0.2) is 18.0 Å². The van der Waals surface area contributed by atoms with Crippen LogP contribution in [-0.4, -0.2) is 67.3 Å². The lowest BCUT2D eigenvalue weighted by Gasteiger charge is -2.44. The number of hydrogen-bond donors (Lipinski definition) is 1. The van der Waals surface area contributed by atoms with Gasteiger partial charge in [0.05, 0.1) is 19.3 Å².